The van der Waals surface area contributed by atoms with E-state index in [1.807, 2.05) is 19.1 Å². The van der Waals surface area contributed by atoms with Gasteiger partial charge in [-0.1, -0.05) is 17.7 Å². The lowest BCUT2D eigenvalue weighted by Gasteiger charge is -2.14. The summed E-state index contributed by atoms with van der Waals surface area (Å²) in [6.07, 6.45) is 0.621. The molecule has 2 N–H and O–H groups in total. The Balaban J connectivity index is 1.86. The van der Waals surface area contributed by atoms with Crippen molar-refractivity contribution in [3.63, 3.8) is 0 Å². The lowest BCUT2D eigenvalue weighted by Crippen LogP contribution is -2.35. The van der Waals surface area contributed by atoms with Crippen LogP contribution in [0.2, 0.25) is 0 Å². The molecule has 2 aromatic rings. The first-order valence-electron chi connectivity index (χ1n) is 8.55. The van der Waals surface area contributed by atoms with Gasteiger partial charge < -0.3 is 14.8 Å². The van der Waals surface area contributed by atoms with Crippen molar-refractivity contribution in [3.05, 3.63) is 53.6 Å². The molecule has 1 aliphatic rings. The zero-order chi connectivity index (χ0) is 19.4. The quantitative estimate of drug-likeness (QED) is 0.790. The van der Waals surface area contributed by atoms with E-state index in [0.29, 0.717) is 31.1 Å². The fraction of sp³-hybridized carbons (Fsp3) is 0.316. The number of benzene rings is 2. The smallest absolute Gasteiger partial charge is 0.259 e. The number of methoxy groups -OCH3 is 1. The lowest BCUT2D eigenvalue weighted by atomic mass is 10.1. The number of aryl methyl sites for hydroxylation is 1. The van der Waals surface area contributed by atoms with E-state index in [1.54, 1.807) is 12.1 Å². The highest BCUT2D eigenvalue weighted by atomic mass is 32.2. The van der Waals surface area contributed by atoms with Gasteiger partial charge in [0, 0.05) is 18.3 Å². The third kappa shape index (κ3) is 4.65. The second-order valence-electron chi connectivity index (χ2n) is 6.36. The second-order valence-corrected chi connectivity index (χ2v) is 8.08. The summed E-state index contributed by atoms with van der Waals surface area (Å²) in [7, 11) is -2.34. The van der Waals surface area contributed by atoms with Crippen LogP contribution in [0, 0.1) is 6.92 Å². The molecule has 1 saturated heterocycles. The number of anilines is 1. The minimum absolute atomic E-state index is 0.00394. The van der Waals surface area contributed by atoms with Crippen LogP contribution in [0.15, 0.2) is 47.4 Å². The standard InChI is InChI=1S/C19H22N2O5S/c1-13-3-5-14(6-4-13)20-19(22)17-11-16(7-8-18(17)25-2)27(23,24)21-15-9-10-26-12-15/h3-8,11,15,21H,9-10,12H2,1-2H3,(H,20,22)/t15-/m0/s1. The van der Waals surface area contributed by atoms with Gasteiger partial charge >= 0.3 is 0 Å². The van der Waals surface area contributed by atoms with Crippen LogP contribution in [-0.4, -0.2) is 40.7 Å². The van der Waals surface area contributed by atoms with Gasteiger partial charge in [-0.15, -0.1) is 0 Å². The fourth-order valence-electron chi connectivity index (χ4n) is 2.78. The Morgan fingerprint density at radius 1 is 1.19 bits per heavy atom. The molecule has 1 atom stereocenters. The van der Waals surface area contributed by atoms with Crippen LogP contribution in [-0.2, 0) is 14.8 Å². The molecule has 0 bridgehead atoms. The molecule has 0 radical (unpaired) electrons. The van der Waals surface area contributed by atoms with Crippen LogP contribution in [0.4, 0.5) is 5.69 Å². The van der Waals surface area contributed by atoms with Gasteiger partial charge in [0.2, 0.25) is 10.0 Å². The second kappa shape index (κ2) is 8.08. The average molecular weight is 390 g/mol. The van der Waals surface area contributed by atoms with Crippen LogP contribution in [0.5, 0.6) is 5.75 Å². The van der Waals surface area contributed by atoms with Crippen molar-refractivity contribution in [2.75, 3.05) is 25.6 Å². The summed E-state index contributed by atoms with van der Waals surface area (Å²) in [5.41, 5.74) is 1.83. The van der Waals surface area contributed by atoms with Gasteiger partial charge in [0.05, 0.1) is 24.2 Å². The molecule has 1 heterocycles. The average Bonchev–Trinajstić information content (AvgIpc) is 3.15. The van der Waals surface area contributed by atoms with E-state index >= 15 is 0 Å². The molecule has 144 valence electrons. The summed E-state index contributed by atoms with van der Waals surface area (Å²) >= 11 is 0. The molecular weight excluding hydrogens is 368 g/mol. The summed E-state index contributed by atoms with van der Waals surface area (Å²) in [5.74, 6) is -0.153. The Hall–Kier alpha value is -2.42. The summed E-state index contributed by atoms with van der Waals surface area (Å²) in [6.45, 7) is 2.82. The lowest BCUT2D eigenvalue weighted by molar-refractivity contribution is 0.102. The number of carbonyl (C=O) groups is 1. The Kier molecular flexibility index (Phi) is 5.79. The van der Waals surface area contributed by atoms with Crippen molar-refractivity contribution in [1.82, 2.24) is 4.72 Å². The number of sulfonamides is 1. The highest BCUT2D eigenvalue weighted by molar-refractivity contribution is 7.89. The van der Waals surface area contributed by atoms with E-state index in [1.165, 1.54) is 25.3 Å². The minimum Gasteiger partial charge on any atom is -0.496 e. The van der Waals surface area contributed by atoms with Gasteiger partial charge in [0.25, 0.3) is 5.91 Å². The summed E-state index contributed by atoms with van der Waals surface area (Å²) in [4.78, 5) is 12.7. The minimum atomic E-state index is -3.77. The summed E-state index contributed by atoms with van der Waals surface area (Å²) in [6, 6.07) is 11.3. The number of nitrogens with one attached hydrogen (secondary N) is 2. The van der Waals surface area contributed by atoms with Gasteiger partial charge in [-0.2, -0.15) is 0 Å². The molecule has 8 heteroatoms. The maximum Gasteiger partial charge on any atom is 0.259 e. The Labute approximate surface area is 158 Å². The summed E-state index contributed by atoms with van der Waals surface area (Å²) in [5, 5.41) is 2.76. The van der Waals surface area contributed by atoms with Crippen molar-refractivity contribution < 1.29 is 22.7 Å². The highest BCUT2D eigenvalue weighted by Crippen LogP contribution is 2.24. The van der Waals surface area contributed by atoms with Gasteiger partial charge in [-0.3, -0.25) is 4.79 Å². The van der Waals surface area contributed by atoms with Crippen molar-refractivity contribution in [1.29, 1.82) is 0 Å². The van der Waals surface area contributed by atoms with E-state index in [2.05, 4.69) is 10.0 Å². The van der Waals surface area contributed by atoms with Crippen molar-refractivity contribution in [2.45, 2.75) is 24.3 Å². The molecule has 0 aromatic heterocycles. The third-order valence-corrected chi connectivity index (χ3v) is 5.80. The molecule has 2 aromatic carbocycles. The monoisotopic (exact) mass is 390 g/mol. The first-order valence-corrected chi connectivity index (χ1v) is 10.0. The molecule has 0 spiro atoms. The Morgan fingerprint density at radius 2 is 1.93 bits per heavy atom. The van der Waals surface area contributed by atoms with Crippen LogP contribution in [0.1, 0.15) is 22.3 Å². The molecule has 3 rings (SSSR count). The van der Waals surface area contributed by atoms with E-state index in [0.717, 1.165) is 5.56 Å². The molecule has 27 heavy (non-hydrogen) atoms. The topological polar surface area (TPSA) is 93.7 Å². The molecule has 1 aliphatic heterocycles. The summed E-state index contributed by atoms with van der Waals surface area (Å²) < 4.78 is 38.3. The molecule has 1 fully saturated rings. The first kappa shape index (κ1) is 19.3. The first-order chi connectivity index (χ1) is 12.9. The van der Waals surface area contributed by atoms with Gasteiger partial charge in [-0.05, 0) is 43.7 Å². The van der Waals surface area contributed by atoms with Crippen LogP contribution < -0.4 is 14.8 Å². The van der Waals surface area contributed by atoms with E-state index in [-0.39, 0.29) is 16.5 Å². The van der Waals surface area contributed by atoms with Crippen LogP contribution in [0.3, 0.4) is 0 Å². The van der Waals surface area contributed by atoms with E-state index in [4.69, 9.17) is 9.47 Å². The predicted molar refractivity (Wildman–Crippen MR) is 102 cm³/mol. The molecule has 0 unspecified atom stereocenters. The normalized spacial score (nSPS) is 16.9. The van der Waals surface area contributed by atoms with Crippen molar-refractivity contribution >= 4 is 21.6 Å². The fourth-order valence-corrected chi connectivity index (χ4v) is 4.06. The number of rotatable bonds is 6. The molecule has 0 saturated carbocycles. The number of amides is 1. The molecule has 7 nitrogen and oxygen atoms in total. The van der Waals surface area contributed by atoms with Crippen LogP contribution >= 0.6 is 0 Å². The predicted octanol–water partition coefficient (Wildman–Crippen LogP) is 2.32. The number of carbonyl (C=O) groups excluding carboxylic acids is 1. The molecule has 0 aliphatic carbocycles. The maximum atomic E-state index is 12.7. The third-order valence-electron chi connectivity index (χ3n) is 4.29. The number of hydrogen-bond acceptors (Lipinski definition) is 5. The van der Waals surface area contributed by atoms with Gasteiger partial charge in [-0.25, -0.2) is 13.1 Å². The Morgan fingerprint density at radius 3 is 2.56 bits per heavy atom. The zero-order valence-electron chi connectivity index (χ0n) is 15.2. The van der Waals surface area contributed by atoms with Gasteiger partial charge in [0.1, 0.15) is 5.75 Å². The van der Waals surface area contributed by atoms with Crippen LogP contribution in [0.25, 0.3) is 0 Å². The SMILES string of the molecule is COc1ccc(S(=O)(=O)N[C@H]2CCOC2)cc1C(=O)Nc1ccc(C)cc1. The highest BCUT2D eigenvalue weighted by Gasteiger charge is 2.25. The number of ether oxygens (including phenoxy) is 2. The zero-order valence-corrected chi connectivity index (χ0v) is 16.0. The van der Waals surface area contributed by atoms with Crippen molar-refractivity contribution in [2.24, 2.45) is 0 Å². The van der Waals surface area contributed by atoms with Gasteiger partial charge in [0.15, 0.2) is 0 Å². The van der Waals surface area contributed by atoms with E-state index in [9.17, 15) is 13.2 Å². The maximum absolute atomic E-state index is 12.7. The largest absolute Gasteiger partial charge is 0.496 e. The molecule has 1 amide bonds. The van der Waals surface area contributed by atoms with E-state index < -0.39 is 15.9 Å². The molecular formula is C19H22N2O5S. The number of hydrogen-bond donors (Lipinski definition) is 2. The Bertz CT molecular complexity index is 920. The van der Waals surface area contributed by atoms with Crippen molar-refractivity contribution in [3.8, 4) is 5.75 Å².